The summed E-state index contributed by atoms with van der Waals surface area (Å²) in [6.07, 6.45) is 1.98. The van der Waals surface area contributed by atoms with E-state index < -0.39 is 6.04 Å². The lowest BCUT2D eigenvalue weighted by Gasteiger charge is -2.23. The quantitative estimate of drug-likeness (QED) is 0.736. The lowest BCUT2D eigenvalue weighted by Crippen LogP contribution is -2.48. The molecule has 0 aliphatic carbocycles. The molecule has 124 valence electrons. The van der Waals surface area contributed by atoms with Gasteiger partial charge < -0.3 is 20.3 Å². The highest BCUT2D eigenvalue weighted by Crippen LogP contribution is 2.21. The number of amides is 2. The standard InChI is InChI=1S/C16H20FN3O3/c1-10(22)19-15(16(23)20(2)5-6-21)7-11-9-18-14-8-12(17)3-4-13(11)14/h3-4,8-9,15,18,21H,5-7H2,1-2H3,(H,19,22). The molecule has 3 N–H and O–H groups in total. The maximum absolute atomic E-state index is 13.2. The zero-order chi connectivity index (χ0) is 17.0. The van der Waals surface area contributed by atoms with Gasteiger partial charge in [0.05, 0.1) is 6.61 Å². The van der Waals surface area contributed by atoms with Crippen LogP contribution in [-0.4, -0.2) is 53.0 Å². The molecule has 0 saturated heterocycles. The molecule has 0 bridgehead atoms. The molecule has 0 spiro atoms. The number of aromatic nitrogens is 1. The molecule has 0 aliphatic heterocycles. The third kappa shape index (κ3) is 4.07. The van der Waals surface area contributed by atoms with Gasteiger partial charge >= 0.3 is 0 Å². The summed E-state index contributed by atoms with van der Waals surface area (Å²) >= 11 is 0. The van der Waals surface area contributed by atoms with E-state index in [4.69, 9.17) is 5.11 Å². The predicted octanol–water partition coefficient (Wildman–Crippen LogP) is 0.805. The highest BCUT2D eigenvalue weighted by atomic mass is 19.1. The largest absolute Gasteiger partial charge is 0.395 e. The van der Waals surface area contributed by atoms with Crippen LogP contribution >= 0.6 is 0 Å². The molecule has 1 heterocycles. The summed E-state index contributed by atoms with van der Waals surface area (Å²) in [5.74, 6) is -0.944. The molecular weight excluding hydrogens is 301 g/mol. The van der Waals surface area contributed by atoms with Gasteiger partial charge in [-0.2, -0.15) is 0 Å². The molecule has 0 saturated carbocycles. The third-order valence-electron chi connectivity index (χ3n) is 3.64. The number of rotatable bonds is 6. The van der Waals surface area contributed by atoms with E-state index in [1.165, 1.54) is 24.0 Å². The van der Waals surface area contributed by atoms with Crippen LogP contribution in [0.5, 0.6) is 0 Å². The number of aromatic amines is 1. The van der Waals surface area contributed by atoms with Crippen molar-refractivity contribution in [1.29, 1.82) is 0 Å². The number of likely N-dealkylation sites (N-methyl/N-ethyl adjacent to an activating group) is 1. The summed E-state index contributed by atoms with van der Waals surface area (Å²) < 4.78 is 13.2. The first-order valence-corrected chi connectivity index (χ1v) is 7.31. The fourth-order valence-corrected chi connectivity index (χ4v) is 2.52. The van der Waals surface area contributed by atoms with Crippen LogP contribution in [0.3, 0.4) is 0 Å². The zero-order valence-corrected chi connectivity index (χ0v) is 13.1. The topological polar surface area (TPSA) is 85.4 Å². The number of halogens is 1. The van der Waals surface area contributed by atoms with Crippen molar-refractivity contribution in [2.24, 2.45) is 0 Å². The number of carbonyl (C=O) groups is 2. The number of aliphatic hydroxyl groups is 1. The van der Waals surface area contributed by atoms with Gasteiger partial charge in [0.15, 0.2) is 0 Å². The molecule has 0 radical (unpaired) electrons. The Morgan fingerprint density at radius 1 is 1.43 bits per heavy atom. The van der Waals surface area contributed by atoms with E-state index in [9.17, 15) is 14.0 Å². The van der Waals surface area contributed by atoms with Gasteiger partial charge in [-0.1, -0.05) is 0 Å². The van der Waals surface area contributed by atoms with E-state index >= 15 is 0 Å². The summed E-state index contributed by atoms with van der Waals surface area (Å²) in [5, 5.41) is 12.4. The Balaban J connectivity index is 2.25. The van der Waals surface area contributed by atoms with E-state index in [-0.39, 0.29) is 37.2 Å². The molecule has 1 atom stereocenters. The number of H-pyrrole nitrogens is 1. The first-order chi connectivity index (χ1) is 10.9. The van der Waals surface area contributed by atoms with Crippen molar-refractivity contribution < 1.29 is 19.1 Å². The van der Waals surface area contributed by atoms with Crippen LogP contribution in [0.2, 0.25) is 0 Å². The Labute approximate surface area is 133 Å². The monoisotopic (exact) mass is 321 g/mol. The minimum Gasteiger partial charge on any atom is -0.395 e. The van der Waals surface area contributed by atoms with Crippen LogP contribution in [0.15, 0.2) is 24.4 Å². The molecule has 6 nitrogen and oxygen atoms in total. The Morgan fingerprint density at radius 2 is 2.17 bits per heavy atom. The molecule has 7 heteroatoms. The van der Waals surface area contributed by atoms with Gasteiger partial charge in [-0.3, -0.25) is 9.59 Å². The smallest absolute Gasteiger partial charge is 0.245 e. The SMILES string of the molecule is CC(=O)NC(Cc1c[nH]c2cc(F)ccc12)C(=O)N(C)CCO. The van der Waals surface area contributed by atoms with Crippen LogP contribution in [0, 0.1) is 5.82 Å². The van der Waals surface area contributed by atoms with Gasteiger partial charge in [-0.05, 0) is 23.8 Å². The Kier molecular flexibility index (Phi) is 5.33. The molecule has 1 aromatic carbocycles. The highest BCUT2D eigenvalue weighted by molar-refractivity contribution is 5.89. The van der Waals surface area contributed by atoms with Crippen LogP contribution in [0.25, 0.3) is 10.9 Å². The summed E-state index contributed by atoms with van der Waals surface area (Å²) in [4.78, 5) is 28.1. The normalized spacial score (nSPS) is 12.2. The summed E-state index contributed by atoms with van der Waals surface area (Å²) in [5.41, 5.74) is 1.45. The summed E-state index contributed by atoms with van der Waals surface area (Å²) in [6.45, 7) is 1.38. The van der Waals surface area contributed by atoms with Crippen molar-refractivity contribution in [3.05, 3.63) is 35.8 Å². The van der Waals surface area contributed by atoms with E-state index in [0.717, 1.165) is 10.9 Å². The van der Waals surface area contributed by atoms with Gasteiger partial charge in [0.25, 0.3) is 0 Å². The molecule has 0 aliphatic rings. The third-order valence-corrected chi connectivity index (χ3v) is 3.64. The van der Waals surface area contributed by atoms with Crippen molar-refractivity contribution in [2.75, 3.05) is 20.2 Å². The van der Waals surface area contributed by atoms with Gasteiger partial charge in [-0.25, -0.2) is 4.39 Å². The van der Waals surface area contributed by atoms with Crippen molar-refractivity contribution in [3.63, 3.8) is 0 Å². The number of aliphatic hydroxyl groups excluding tert-OH is 1. The van der Waals surface area contributed by atoms with Crippen molar-refractivity contribution in [3.8, 4) is 0 Å². The number of benzene rings is 1. The van der Waals surface area contributed by atoms with Crippen molar-refractivity contribution in [1.82, 2.24) is 15.2 Å². The van der Waals surface area contributed by atoms with Gasteiger partial charge in [0.2, 0.25) is 11.8 Å². The first-order valence-electron chi connectivity index (χ1n) is 7.31. The lowest BCUT2D eigenvalue weighted by molar-refractivity contribution is -0.135. The number of hydrogen-bond donors (Lipinski definition) is 3. The van der Waals surface area contributed by atoms with Gasteiger partial charge in [0, 0.05) is 44.0 Å². The number of fused-ring (bicyclic) bond motifs is 1. The Hall–Kier alpha value is -2.41. The van der Waals surface area contributed by atoms with Crippen molar-refractivity contribution in [2.45, 2.75) is 19.4 Å². The van der Waals surface area contributed by atoms with Gasteiger partial charge in [-0.15, -0.1) is 0 Å². The Bertz CT molecular complexity index is 714. The molecule has 2 aromatic rings. The second-order valence-electron chi connectivity index (χ2n) is 5.44. The zero-order valence-electron chi connectivity index (χ0n) is 13.1. The summed E-state index contributed by atoms with van der Waals surface area (Å²) in [6, 6.07) is 3.63. The lowest BCUT2D eigenvalue weighted by atomic mass is 10.0. The fourth-order valence-electron chi connectivity index (χ4n) is 2.52. The molecule has 2 amide bonds. The molecule has 1 aromatic heterocycles. The number of carbonyl (C=O) groups excluding carboxylic acids is 2. The molecule has 1 unspecified atom stereocenters. The molecule has 23 heavy (non-hydrogen) atoms. The summed E-state index contributed by atoms with van der Waals surface area (Å²) in [7, 11) is 1.57. The molecular formula is C16H20FN3O3. The molecule has 0 fully saturated rings. The second-order valence-corrected chi connectivity index (χ2v) is 5.44. The van der Waals surface area contributed by atoms with Crippen LogP contribution < -0.4 is 5.32 Å². The minimum atomic E-state index is -0.742. The highest BCUT2D eigenvalue weighted by Gasteiger charge is 2.24. The molecule has 2 rings (SSSR count). The van der Waals surface area contributed by atoms with Crippen LogP contribution in [-0.2, 0) is 16.0 Å². The minimum absolute atomic E-state index is 0.151. The predicted molar refractivity (Wildman–Crippen MR) is 84.3 cm³/mol. The van der Waals surface area contributed by atoms with E-state index in [0.29, 0.717) is 5.52 Å². The van der Waals surface area contributed by atoms with E-state index in [1.54, 1.807) is 19.3 Å². The van der Waals surface area contributed by atoms with Crippen LogP contribution in [0.1, 0.15) is 12.5 Å². The maximum atomic E-state index is 13.2. The Morgan fingerprint density at radius 3 is 2.83 bits per heavy atom. The van der Waals surface area contributed by atoms with Crippen LogP contribution in [0.4, 0.5) is 4.39 Å². The number of nitrogens with zero attached hydrogens (tertiary/aromatic N) is 1. The average Bonchev–Trinajstić information content (AvgIpc) is 2.87. The van der Waals surface area contributed by atoms with E-state index in [2.05, 4.69) is 10.3 Å². The first kappa shape index (κ1) is 17.0. The number of nitrogens with one attached hydrogen (secondary N) is 2. The number of hydrogen-bond acceptors (Lipinski definition) is 3. The van der Waals surface area contributed by atoms with Gasteiger partial charge in [0.1, 0.15) is 11.9 Å². The fraction of sp³-hybridized carbons (Fsp3) is 0.375. The average molecular weight is 321 g/mol. The van der Waals surface area contributed by atoms with E-state index in [1.807, 2.05) is 0 Å². The second kappa shape index (κ2) is 7.23. The maximum Gasteiger partial charge on any atom is 0.245 e. The van der Waals surface area contributed by atoms with Crippen molar-refractivity contribution >= 4 is 22.7 Å².